The number of benzene rings is 2. The fourth-order valence-corrected chi connectivity index (χ4v) is 1.99. The van der Waals surface area contributed by atoms with Crippen molar-refractivity contribution < 1.29 is 14.3 Å². The van der Waals surface area contributed by atoms with Crippen LogP contribution in [0.1, 0.15) is 24.2 Å². The van der Waals surface area contributed by atoms with Crippen molar-refractivity contribution in [3.05, 3.63) is 60.2 Å². The molecular weight excluding hydrogens is 304 g/mol. The predicted molar refractivity (Wildman–Crippen MR) is 93.1 cm³/mol. The van der Waals surface area contributed by atoms with Gasteiger partial charge in [-0.2, -0.15) is 0 Å². The monoisotopic (exact) mass is 326 g/mol. The fraction of sp³-hybridized carbons (Fsp3) is 0.263. The molecule has 2 rings (SSSR count). The van der Waals surface area contributed by atoms with E-state index in [9.17, 15) is 9.59 Å². The first-order chi connectivity index (χ1) is 11.6. The van der Waals surface area contributed by atoms with Crippen LogP contribution in [-0.4, -0.2) is 24.9 Å². The van der Waals surface area contributed by atoms with Crippen LogP contribution in [0.5, 0.6) is 11.5 Å². The van der Waals surface area contributed by atoms with Crippen LogP contribution in [0.4, 0.5) is 0 Å². The quantitative estimate of drug-likeness (QED) is 0.769. The first-order valence-corrected chi connectivity index (χ1v) is 7.95. The van der Waals surface area contributed by atoms with E-state index in [1.165, 1.54) is 0 Å². The lowest BCUT2D eigenvalue weighted by atomic mass is 10.2. The Morgan fingerprint density at radius 1 is 0.917 bits per heavy atom. The summed E-state index contributed by atoms with van der Waals surface area (Å²) in [6, 6.07) is 16.4. The van der Waals surface area contributed by atoms with E-state index in [2.05, 4.69) is 10.6 Å². The van der Waals surface area contributed by atoms with Crippen LogP contribution < -0.4 is 15.4 Å². The Labute approximate surface area is 142 Å². The number of para-hydroxylation sites is 1. The third-order valence-electron chi connectivity index (χ3n) is 3.31. The molecule has 0 fully saturated rings. The van der Waals surface area contributed by atoms with E-state index in [-0.39, 0.29) is 17.7 Å². The van der Waals surface area contributed by atoms with Gasteiger partial charge in [0.05, 0.1) is 0 Å². The topological polar surface area (TPSA) is 67.4 Å². The Morgan fingerprint density at radius 2 is 1.58 bits per heavy atom. The molecule has 0 unspecified atom stereocenters. The third-order valence-corrected chi connectivity index (χ3v) is 3.31. The van der Waals surface area contributed by atoms with Crippen molar-refractivity contribution in [2.75, 3.05) is 13.1 Å². The number of carbonyl (C=O) groups is 2. The summed E-state index contributed by atoms with van der Waals surface area (Å²) < 4.78 is 5.72. The molecule has 0 atom stereocenters. The molecule has 0 heterocycles. The Balaban J connectivity index is 1.86. The van der Waals surface area contributed by atoms with E-state index in [1.807, 2.05) is 44.2 Å². The highest BCUT2D eigenvalue weighted by atomic mass is 16.5. The molecule has 24 heavy (non-hydrogen) atoms. The third kappa shape index (κ3) is 5.43. The lowest BCUT2D eigenvalue weighted by molar-refractivity contribution is -0.123. The van der Waals surface area contributed by atoms with Crippen molar-refractivity contribution in [2.45, 2.75) is 13.8 Å². The summed E-state index contributed by atoms with van der Waals surface area (Å²) in [5, 5.41) is 5.53. The Kier molecular flexibility index (Phi) is 6.37. The molecule has 5 heteroatoms. The highest BCUT2D eigenvalue weighted by molar-refractivity contribution is 5.94. The molecular formula is C19H22N2O3. The van der Waals surface area contributed by atoms with Crippen molar-refractivity contribution in [1.29, 1.82) is 0 Å². The number of hydrogen-bond donors (Lipinski definition) is 2. The summed E-state index contributed by atoms with van der Waals surface area (Å²) in [6.07, 6.45) is 0. The molecule has 0 saturated carbocycles. The Hall–Kier alpha value is -2.82. The summed E-state index contributed by atoms with van der Waals surface area (Å²) in [6.45, 7) is 4.43. The molecule has 5 nitrogen and oxygen atoms in total. The van der Waals surface area contributed by atoms with Gasteiger partial charge in [0.2, 0.25) is 5.91 Å². The minimum Gasteiger partial charge on any atom is -0.457 e. The summed E-state index contributed by atoms with van der Waals surface area (Å²) in [5.41, 5.74) is 0.513. The van der Waals surface area contributed by atoms with E-state index in [1.54, 1.807) is 24.3 Å². The van der Waals surface area contributed by atoms with Gasteiger partial charge < -0.3 is 15.4 Å². The lowest BCUT2D eigenvalue weighted by Gasteiger charge is -2.10. The maximum absolute atomic E-state index is 12.1. The van der Waals surface area contributed by atoms with Gasteiger partial charge >= 0.3 is 0 Å². The second-order valence-electron chi connectivity index (χ2n) is 5.64. The first-order valence-electron chi connectivity index (χ1n) is 7.95. The second-order valence-corrected chi connectivity index (χ2v) is 5.64. The maximum Gasteiger partial charge on any atom is 0.251 e. The molecule has 0 aliphatic rings. The van der Waals surface area contributed by atoms with Crippen LogP contribution in [0.25, 0.3) is 0 Å². The number of rotatable bonds is 7. The van der Waals surface area contributed by atoms with Crippen molar-refractivity contribution in [2.24, 2.45) is 5.92 Å². The largest absolute Gasteiger partial charge is 0.457 e. The zero-order valence-electron chi connectivity index (χ0n) is 13.9. The van der Waals surface area contributed by atoms with E-state index in [0.717, 1.165) is 0 Å². The number of nitrogens with one attached hydrogen (secondary N) is 2. The van der Waals surface area contributed by atoms with Gasteiger partial charge in [0.15, 0.2) is 0 Å². The van der Waals surface area contributed by atoms with E-state index in [0.29, 0.717) is 30.2 Å². The minimum absolute atomic E-state index is 0.0255. The summed E-state index contributed by atoms with van der Waals surface area (Å²) in [4.78, 5) is 23.6. The van der Waals surface area contributed by atoms with Crippen LogP contribution in [0.15, 0.2) is 54.6 Å². The molecule has 2 N–H and O–H groups in total. The summed E-state index contributed by atoms with van der Waals surface area (Å²) >= 11 is 0. The SMILES string of the molecule is CC(C)C(=O)NCCNC(=O)c1cccc(Oc2ccccc2)c1. The average Bonchev–Trinajstić information content (AvgIpc) is 2.59. The Bertz CT molecular complexity index is 684. The molecule has 126 valence electrons. The van der Waals surface area contributed by atoms with Gasteiger partial charge in [0.25, 0.3) is 5.91 Å². The predicted octanol–water partition coefficient (Wildman–Crippen LogP) is 2.98. The molecule has 0 aromatic heterocycles. The van der Waals surface area contributed by atoms with Gasteiger partial charge in [-0.3, -0.25) is 9.59 Å². The molecule has 0 aliphatic carbocycles. The van der Waals surface area contributed by atoms with Crippen LogP contribution in [0, 0.1) is 5.92 Å². The van der Waals surface area contributed by atoms with E-state index < -0.39 is 0 Å². The van der Waals surface area contributed by atoms with E-state index in [4.69, 9.17) is 4.74 Å². The van der Waals surface area contributed by atoms with Gasteiger partial charge in [-0.1, -0.05) is 38.1 Å². The zero-order valence-corrected chi connectivity index (χ0v) is 13.9. The summed E-state index contributed by atoms with van der Waals surface area (Å²) in [5.74, 6) is 1.02. The average molecular weight is 326 g/mol. The number of amides is 2. The summed E-state index contributed by atoms with van der Waals surface area (Å²) in [7, 11) is 0. The fourth-order valence-electron chi connectivity index (χ4n) is 1.99. The molecule has 0 radical (unpaired) electrons. The Morgan fingerprint density at radius 3 is 2.29 bits per heavy atom. The van der Waals surface area contributed by atoms with Crippen molar-refractivity contribution in [3.8, 4) is 11.5 Å². The van der Waals surface area contributed by atoms with Crippen molar-refractivity contribution >= 4 is 11.8 Å². The van der Waals surface area contributed by atoms with Gasteiger partial charge in [-0.15, -0.1) is 0 Å². The molecule has 0 aliphatic heterocycles. The number of hydrogen-bond acceptors (Lipinski definition) is 3. The zero-order chi connectivity index (χ0) is 17.4. The number of carbonyl (C=O) groups excluding carboxylic acids is 2. The molecule has 0 spiro atoms. The van der Waals surface area contributed by atoms with Gasteiger partial charge in [0.1, 0.15) is 11.5 Å². The molecule has 2 amide bonds. The van der Waals surface area contributed by atoms with Crippen LogP contribution in [0.2, 0.25) is 0 Å². The first kappa shape index (κ1) is 17.5. The minimum atomic E-state index is -0.202. The molecule has 0 bridgehead atoms. The highest BCUT2D eigenvalue weighted by Crippen LogP contribution is 2.21. The van der Waals surface area contributed by atoms with Crippen LogP contribution >= 0.6 is 0 Å². The standard InChI is InChI=1S/C19H22N2O3/c1-14(2)18(22)20-11-12-21-19(23)15-7-6-10-17(13-15)24-16-8-4-3-5-9-16/h3-10,13-14H,11-12H2,1-2H3,(H,20,22)(H,21,23). The van der Waals surface area contributed by atoms with Gasteiger partial charge in [0, 0.05) is 24.6 Å². The molecule has 0 saturated heterocycles. The molecule has 2 aromatic carbocycles. The normalized spacial score (nSPS) is 10.3. The van der Waals surface area contributed by atoms with Crippen LogP contribution in [0.3, 0.4) is 0 Å². The maximum atomic E-state index is 12.1. The van der Waals surface area contributed by atoms with E-state index >= 15 is 0 Å². The molecule has 2 aromatic rings. The second kappa shape index (κ2) is 8.72. The smallest absolute Gasteiger partial charge is 0.251 e. The lowest BCUT2D eigenvalue weighted by Crippen LogP contribution is -2.36. The number of ether oxygens (including phenoxy) is 1. The van der Waals surface area contributed by atoms with Crippen molar-refractivity contribution in [1.82, 2.24) is 10.6 Å². The highest BCUT2D eigenvalue weighted by Gasteiger charge is 2.08. The van der Waals surface area contributed by atoms with Crippen LogP contribution in [-0.2, 0) is 4.79 Å². The van der Waals surface area contributed by atoms with Crippen molar-refractivity contribution in [3.63, 3.8) is 0 Å². The van der Waals surface area contributed by atoms with Gasteiger partial charge in [-0.25, -0.2) is 0 Å². The van der Waals surface area contributed by atoms with Gasteiger partial charge in [-0.05, 0) is 30.3 Å².